The van der Waals surface area contributed by atoms with E-state index in [1.807, 2.05) is 0 Å². The van der Waals surface area contributed by atoms with Crippen molar-refractivity contribution in [1.29, 1.82) is 0 Å². The van der Waals surface area contributed by atoms with Crippen molar-refractivity contribution in [3.8, 4) is 0 Å². The van der Waals surface area contributed by atoms with Crippen LogP contribution in [0.1, 0.15) is 16.8 Å². The van der Waals surface area contributed by atoms with Gasteiger partial charge in [-0.25, -0.2) is 8.42 Å². The molecule has 1 aliphatic rings. The molecular formula is C16H25N3O5S. The van der Waals surface area contributed by atoms with E-state index < -0.39 is 10.0 Å². The fraction of sp³-hybridized carbons (Fsp3) is 0.562. The molecule has 0 bridgehead atoms. The Morgan fingerprint density at radius 3 is 2.52 bits per heavy atom. The van der Waals surface area contributed by atoms with Gasteiger partial charge in [-0.2, -0.15) is 0 Å². The van der Waals surface area contributed by atoms with E-state index >= 15 is 0 Å². The molecule has 0 atom stereocenters. The Hall–Kier alpha value is -1.52. The van der Waals surface area contributed by atoms with Crippen LogP contribution in [0.3, 0.4) is 0 Å². The summed E-state index contributed by atoms with van der Waals surface area (Å²) in [5, 5.41) is 2.85. The molecule has 1 aliphatic heterocycles. The van der Waals surface area contributed by atoms with Gasteiger partial charge in [0.25, 0.3) is 15.9 Å². The minimum Gasteiger partial charge on any atom is -0.379 e. The van der Waals surface area contributed by atoms with Crippen molar-refractivity contribution in [2.45, 2.75) is 11.3 Å². The molecule has 1 aromatic carbocycles. The SMILES string of the molecule is CON(C)S(=O)(=O)c1ccc(C(=O)NCCCN2CCOCC2)cc1. The Morgan fingerprint density at radius 2 is 1.92 bits per heavy atom. The summed E-state index contributed by atoms with van der Waals surface area (Å²) in [7, 11) is -1.12. The summed E-state index contributed by atoms with van der Waals surface area (Å²) in [6, 6.07) is 5.78. The molecule has 0 saturated carbocycles. The summed E-state index contributed by atoms with van der Waals surface area (Å²) >= 11 is 0. The topological polar surface area (TPSA) is 88.2 Å². The van der Waals surface area contributed by atoms with E-state index in [9.17, 15) is 13.2 Å². The quantitative estimate of drug-likeness (QED) is 0.523. The average Bonchev–Trinajstić information content (AvgIpc) is 2.65. The van der Waals surface area contributed by atoms with Crippen molar-refractivity contribution in [3.63, 3.8) is 0 Å². The van der Waals surface area contributed by atoms with Crippen LogP contribution < -0.4 is 5.32 Å². The van der Waals surface area contributed by atoms with E-state index in [-0.39, 0.29) is 10.8 Å². The average molecular weight is 371 g/mol. The normalized spacial score (nSPS) is 16.1. The zero-order chi connectivity index (χ0) is 18.3. The second-order valence-corrected chi connectivity index (χ2v) is 7.62. The number of amides is 1. The number of sulfonamides is 1. The second kappa shape index (κ2) is 9.25. The van der Waals surface area contributed by atoms with Gasteiger partial charge in [-0.3, -0.25) is 14.5 Å². The lowest BCUT2D eigenvalue weighted by Gasteiger charge is -2.26. The molecule has 1 amide bonds. The van der Waals surface area contributed by atoms with E-state index in [1.54, 1.807) is 0 Å². The number of hydrogen-bond donors (Lipinski definition) is 1. The highest BCUT2D eigenvalue weighted by Crippen LogP contribution is 2.15. The molecule has 0 aliphatic carbocycles. The van der Waals surface area contributed by atoms with Gasteiger partial charge in [0.15, 0.2) is 0 Å². The van der Waals surface area contributed by atoms with Crippen LogP contribution in [0.5, 0.6) is 0 Å². The summed E-state index contributed by atoms with van der Waals surface area (Å²) < 4.78 is 30.2. The van der Waals surface area contributed by atoms with Gasteiger partial charge in [-0.1, -0.05) is 4.47 Å². The molecule has 0 spiro atoms. The lowest BCUT2D eigenvalue weighted by Crippen LogP contribution is -2.38. The largest absolute Gasteiger partial charge is 0.379 e. The number of benzene rings is 1. The molecular weight excluding hydrogens is 346 g/mol. The number of hydroxylamine groups is 1. The lowest BCUT2D eigenvalue weighted by atomic mass is 10.2. The Bertz CT molecular complexity index is 657. The molecule has 1 N–H and O–H groups in total. The first-order valence-electron chi connectivity index (χ1n) is 8.16. The summed E-state index contributed by atoms with van der Waals surface area (Å²) in [5.74, 6) is -0.217. The van der Waals surface area contributed by atoms with Gasteiger partial charge in [0.2, 0.25) is 0 Å². The van der Waals surface area contributed by atoms with Crippen LogP contribution in [0.15, 0.2) is 29.2 Å². The predicted octanol–water partition coefficient (Wildman–Crippen LogP) is 0.321. The Labute approximate surface area is 148 Å². The van der Waals surface area contributed by atoms with Crippen molar-refractivity contribution >= 4 is 15.9 Å². The third-order valence-corrected chi connectivity index (χ3v) is 5.74. The van der Waals surface area contributed by atoms with Crippen molar-refractivity contribution in [2.75, 3.05) is 53.6 Å². The standard InChI is InChI=1S/C16H25N3O5S/c1-18(23-2)25(21,22)15-6-4-14(5-7-15)16(20)17-8-3-9-19-10-12-24-13-11-19/h4-7H,3,8-13H2,1-2H3,(H,17,20). The molecule has 1 aromatic rings. The van der Waals surface area contributed by atoms with Crippen LogP contribution in [0, 0.1) is 0 Å². The van der Waals surface area contributed by atoms with Crippen LogP contribution in [0.4, 0.5) is 0 Å². The summed E-state index contributed by atoms with van der Waals surface area (Å²) in [4.78, 5) is 19.2. The van der Waals surface area contributed by atoms with E-state index in [4.69, 9.17) is 9.57 Å². The molecule has 0 radical (unpaired) electrons. The first-order chi connectivity index (χ1) is 11.9. The maximum Gasteiger partial charge on any atom is 0.264 e. The Morgan fingerprint density at radius 1 is 1.28 bits per heavy atom. The summed E-state index contributed by atoms with van der Waals surface area (Å²) in [6.07, 6.45) is 0.858. The van der Waals surface area contributed by atoms with Crippen LogP contribution in [-0.4, -0.2) is 77.2 Å². The van der Waals surface area contributed by atoms with Crippen molar-refractivity contribution in [1.82, 2.24) is 14.7 Å². The maximum absolute atomic E-state index is 12.1. The maximum atomic E-state index is 12.1. The molecule has 9 heteroatoms. The molecule has 140 valence electrons. The summed E-state index contributed by atoms with van der Waals surface area (Å²) in [5.41, 5.74) is 0.422. The summed E-state index contributed by atoms with van der Waals surface area (Å²) in [6.45, 7) is 4.88. The van der Waals surface area contributed by atoms with Crippen molar-refractivity contribution < 1.29 is 22.8 Å². The number of rotatable bonds is 8. The molecule has 1 fully saturated rings. The van der Waals surface area contributed by atoms with Crippen LogP contribution in [0.2, 0.25) is 0 Å². The zero-order valence-electron chi connectivity index (χ0n) is 14.6. The monoisotopic (exact) mass is 371 g/mol. The Balaban J connectivity index is 1.81. The number of carbonyl (C=O) groups excluding carboxylic acids is 1. The smallest absolute Gasteiger partial charge is 0.264 e. The highest BCUT2D eigenvalue weighted by Gasteiger charge is 2.20. The molecule has 1 heterocycles. The van der Waals surface area contributed by atoms with Gasteiger partial charge >= 0.3 is 0 Å². The van der Waals surface area contributed by atoms with E-state index in [0.29, 0.717) is 12.1 Å². The molecule has 8 nitrogen and oxygen atoms in total. The van der Waals surface area contributed by atoms with E-state index in [2.05, 4.69) is 10.2 Å². The molecule has 0 aromatic heterocycles. The number of nitrogens with one attached hydrogen (secondary N) is 1. The third kappa shape index (κ3) is 5.48. The highest BCUT2D eigenvalue weighted by molar-refractivity contribution is 7.89. The Kier molecular flexibility index (Phi) is 7.33. The zero-order valence-corrected chi connectivity index (χ0v) is 15.4. The van der Waals surface area contributed by atoms with Crippen molar-refractivity contribution in [2.24, 2.45) is 0 Å². The first-order valence-corrected chi connectivity index (χ1v) is 9.60. The molecule has 25 heavy (non-hydrogen) atoms. The van der Waals surface area contributed by atoms with Crippen LogP contribution >= 0.6 is 0 Å². The molecule has 2 rings (SSSR count). The minimum absolute atomic E-state index is 0.0701. The second-order valence-electron chi connectivity index (χ2n) is 5.69. The van der Waals surface area contributed by atoms with Gasteiger partial charge in [-0.15, -0.1) is 0 Å². The van der Waals surface area contributed by atoms with Gasteiger partial charge in [0.05, 0.1) is 25.2 Å². The highest BCUT2D eigenvalue weighted by atomic mass is 32.2. The van der Waals surface area contributed by atoms with Gasteiger partial charge in [-0.05, 0) is 37.2 Å². The van der Waals surface area contributed by atoms with E-state index in [1.165, 1.54) is 38.4 Å². The number of ether oxygens (including phenoxy) is 1. The van der Waals surface area contributed by atoms with Gasteiger partial charge in [0.1, 0.15) is 0 Å². The first kappa shape index (κ1) is 19.8. The number of morpholine rings is 1. The van der Waals surface area contributed by atoms with Crippen LogP contribution in [0.25, 0.3) is 0 Å². The van der Waals surface area contributed by atoms with Crippen molar-refractivity contribution in [3.05, 3.63) is 29.8 Å². The lowest BCUT2D eigenvalue weighted by molar-refractivity contribution is -0.0258. The molecule has 0 unspecified atom stereocenters. The number of carbonyl (C=O) groups is 1. The van der Waals surface area contributed by atoms with Crippen LogP contribution in [-0.2, 0) is 19.6 Å². The fourth-order valence-corrected chi connectivity index (χ4v) is 3.43. The van der Waals surface area contributed by atoms with Gasteiger partial charge < -0.3 is 10.1 Å². The number of hydrogen-bond acceptors (Lipinski definition) is 6. The fourth-order valence-electron chi connectivity index (χ4n) is 2.46. The third-order valence-electron chi connectivity index (χ3n) is 4.05. The van der Waals surface area contributed by atoms with Gasteiger partial charge in [0, 0.05) is 32.2 Å². The minimum atomic E-state index is -3.70. The van der Waals surface area contributed by atoms with E-state index in [0.717, 1.165) is 43.7 Å². The molecule has 1 saturated heterocycles. The predicted molar refractivity (Wildman–Crippen MR) is 92.6 cm³/mol. The number of nitrogens with zero attached hydrogens (tertiary/aromatic N) is 2.